The van der Waals surface area contributed by atoms with E-state index in [1.54, 1.807) is 0 Å². The number of nitrogens with two attached hydrogens (primary N) is 1. The van der Waals surface area contributed by atoms with Gasteiger partial charge in [-0.05, 0) is 6.07 Å². The molecule has 0 spiro atoms. The fraction of sp³-hybridized carbons (Fsp3) is 0. The summed E-state index contributed by atoms with van der Waals surface area (Å²) in [6.45, 7) is 0. The maximum atomic E-state index is 10.4. The molecule has 0 aliphatic rings. The predicted octanol–water partition coefficient (Wildman–Crippen LogP) is -0.360. The van der Waals surface area contributed by atoms with Crippen molar-refractivity contribution in [2.24, 2.45) is 0 Å². The Morgan fingerprint density at radius 3 is 2.58 bits per heavy atom. The monoisotopic (exact) mass is 208 g/mol. The number of rotatable bonds is 1. The molecule has 0 radical (unpaired) electrons. The minimum absolute atomic E-state index is 0.00641. The summed E-state index contributed by atoms with van der Waals surface area (Å²) in [5, 5.41) is 0.00641. The molecule has 3 N–H and O–H groups in total. The van der Waals surface area contributed by atoms with Crippen molar-refractivity contribution in [2.45, 2.75) is 4.90 Å². The summed E-state index contributed by atoms with van der Waals surface area (Å²) in [6, 6.07) is 0.996. The van der Waals surface area contributed by atoms with Crippen molar-refractivity contribution in [2.75, 3.05) is 5.73 Å². The summed E-state index contributed by atoms with van der Waals surface area (Å²) in [6.07, 6.45) is 0.990. The number of aromatic amines is 1. The summed E-state index contributed by atoms with van der Waals surface area (Å²) >= 11 is 5.46. The molecule has 0 aliphatic carbocycles. The van der Waals surface area contributed by atoms with Crippen LogP contribution in [0.25, 0.3) is 0 Å². The molecule has 0 saturated carbocycles. The van der Waals surface area contributed by atoms with Gasteiger partial charge in [0.15, 0.2) is 0 Å². The Bertz CT molecular complexity index is 403. The standard InChI is InChI=1S/C5H5ClN2O3S/c6-4-1-3(12(9,10)11)2-8-5(4)7/h1-2H,(H2,7,8)(H,9,10,11). The van der Waals surface area contributed by atoms with Crippen LogP contribution < -0.4 is 10.7 Å². The van der Waals surface area contributed by atoms with Gasteiger partial charge in [0.25, 0.3) is 5.82 Å². The van der Waals surface area contributed by atoms with Crippen molar-refractivity contribution in [1.29, 1.82) is 0 Å². The molecule has 0 fully saturated rings. The van der Waals surface area contributed by atoms with Crippen molar-refractivity contribution in [3.05, 3.63) is 17.3 Å². The first-order valence-corrected chi connectivity index (χ1v) is 4.62. The van der Waals surface area contributed by atoms with Gasteiger partial charge in [0.05, 0.1) is 4.90 Å². The number of nitrogens with one attached hydrogen (secondary N) is 1. The molecule has 12 heavy (non-hydrogen) atoms. The number of nitrogen functional groups attached to an aromatic ring is 1. The molecule has 1 aromatic rings. The normalized spacial score (nSPS) is 11.5. The molecule has 0 aliphatic heterocycles. The van der Waals surface area contributed by atoms with Crippen molar-refractivity contribution >= 4 is 27.5 Å². The second kappa shape index (κ2) is 2.89. The first-order chi connectivity index (χ1) is 5.41. The summed E-state index contributed by atoms with van der Waals surface area (Å²) in [5.41, 5.74) is 5.25. The molecule has 0 atom stereocenters. The molecule has 5 nitrogen and oxygen atoms in total. The summed E-state index contributed by atoms with van der Waals surface area (Å²) in [4.78, 5) is 1.91. The van der Waals surface area contributed by atoms with Gasteiger partial charge < -0.3 is 4.55 Å². The fourth-order valence-electron chi connectivity index (χ4n) is 0.606. The molecule has 66 valence electrons. The van der Waals surface area contributed by atoms with E-state index in [4.69, 9.17) is 17.3 Å². The maximum absolute atomic E-state index is 10.4. The lowest BCUT2D eigenvalue weighted by Crippen LogP contribution is -2.13. The molecule has 0 amide bonds. The van der Waals surface area contributed by atoms with Crippen molar-refractivity contribution < 1.29 is 18.0 Å². The Kier molecular flexibility index (Phi) is 2.22. The van der Waals surface area contributed by atoms with Crippen LogP contribution in [-0.4, -0.2) is 13.0 Å². The zero-order valence-corrected chi connectivity index (χ0v) is 7.32. The minimum atomic E-state index is -4.46. The first-order valence-electron chi connectivity index (χ1n) is 2.84. The lowest BCUT2D eigenvalue weighted by Gasteiger charge is -2.04. The molecule has 0 saturated heterocycles. The molecule has 7 heteroatoms. The molecule has 1 aromatic heterocycles. The minimum Gasteiger partial charge on any atom is -0.744 e. The Labute approximate surface area is 73.9 Å². The Morgan fingerprint density at radius 2 is 2.17 bits per heavy atom. The molecule has 0 unspecified atom stereocenters. The van der Waals surface area contributed by atoms with Gasteiger partial charge in [0.2, 0.25) is 0 Å². The van der Waals surface area contributed by atoms with E-state index in [1.807, 2.05) is 0 Å². The Hall–Kier alpha value is -0.850. The van der Waals surface area contributed by atoms with Crippen LogP contribution in [-0.2, 0) is 10.1 Å². The smallest absolute Gasteiger partial charge is 0.289 e. The van der Waals surface area contributed by atoms with E-state index in [1.165, 1.54) is 0 Å². The summed E-state index contributed by atoms with van der Waals surface area (Å²) in [7, 11) is -4.46. The summed E-state index contributed by atoms with van der Waals surface area (Å²) < 4.78 is 31.3. The average molecular weight is 209 g/mol. The first kappa shape index (κ1) is 9.24. The molecule has 1 heterocycles. The third kappa shape index (κ3) is 1.84. The zero-order valence-electron chi connectivity index (χ0n) is 5.74. The van der Waals surface area contributed by atoms with E-state index in [-0.39, 0.29) is 10.8 Å². The van der Waals surface area contributed by atoms with Crippen molar-refractivity contribution in [1.82, 2.24) is 0 Å². The van der Waals surface area contributed by atoms with Crippen LogP contribution in [0.4, 0.5) is 5.82 Å². The van der Waals surface area contributed by atoms with Gasteiger partial charge in [-0.1, -0.05) is 11.6 Å². The number of hydrogen-bond acceptors (Lipinski definition) is 4. The SMILES string of the molecule is Nc1[nH+]cc(S(=O)(=O)[O-])cc1Cl. The highest BCUT2D eigenvalue weighted by atomic mass is 35.5. The molecular weight excluding hydrogens is 204 g/mol. The number of pyridine rings is 1. The molecule has 0 bridgehead atoms. The lowest BCUT2D eigenvalue weighted by molar-refractivity contribution is -0.363. The lowest BCUT2D eigenvalue weighted by atomic mass is 10.5. The molecule has 1 rings (SSSR count). The quantitative estimate of drug-likeness (QED) is 0.638. The van der Waals surface area contributed by atoms with Gasteiger partial charge in [-0.3, -0.25) is 5.73 Å². The number of halogens is 1. The number of aromatic nitrogens is 1. The van der Waals surface area contributed by atoms with Crippen LogP contribution in [0.1, 0.15) is 0 Å². The van der Waals surface area contributed by atoms with Gasteiger partial charge in [-0.15, -0.1) is 0 Å². The van der Waals surface area contributed by atoms with Gasteiger partial charge >= 0.3 is 0 Å². The van der Waals surface area contributed by atoms with Crippen LogP contribution in [0, 0.1) is 0 Å². The second-order valence-corrected chi connectivity index (χ2v) is 3.84. The Morgan fingerprint density at radius 1 is 1.58 bits per heavy atom. The number of hydrogen-bond donors (Lipinski definition) is 1. The van der Waals surface area contributed by atoms with Crippen molar-refractivity contribution in [3.63, 3.8) is 0 Å². The van der Waals surface area contributed by atoms with Gasteiger partial charge in [0, 0.05) is 0 Å². The third-order valence-electron chi connectivity index (χ3n) is 1.18. The third-order valence-corrected chi connectivity index (χ3v) is 2.31. The van der Waals surface area contributed by atoms with E-state index in [0.717, 1.165) is 12.3 Å². The number of anilines is 1. The van der Waals surface area contributed by atoms with Crippen LogP contribution in [0.2, 0.25) is 5.02 Å². The zero-order chi connectivity index (χ0) is 9.35. The van der Waals surface area contributed by atoms with E-state index in [0.29, 0.717) is 0 Å². The molecule has 0 aromatic carbocycles. The highest BCUT2D eigenvalue weighted by Crippen LogP contribution is 2.16. The van der Waals surface area contributed by atoms with E-state index in [9.17, 15) is 13.0 Å². The maximum Gasteiger partial charge on any atom is 0.289 e. The topological polar surface area (TPSA) is 97.4 Å². The van der Waals surface area contributed by atoms with Crippen molar-refractivity contribution in [3.8, 4) is 0 Å². The van der Waals surface area contributed by atoms with E-state index in [2.05, 4.69) is 4.98 Å². The molecular formula is C5H5ClN2O3S. The van der Waals surface area contributed by atoms with Crippen LogP contribution in [0.3, 0.4) is 0 Å². The van der Waals surface area contributed by atoms with Crippen LogP contribution in [0.15, 0.2) is 17.2 Å². The van der Waals surface area contributed by atoms with Gasteiger partial charge in [-0.2, -0.15) is 0 Å². The van der Waals surface area contributed by atoms with Crippen LogP contribution >= 0.6 is 11.6 Å². The van der Waals surface area contributed by atoms with Crippen LogP contribution in [0.5, 0.6) is 0 Å². The van der Waals surface area contributed by atoms with Gasteiger partial charge in [-0.25, -0.2) is 13.4 Å². The average Bonchev–Trinajstić information content (AvgIpc) is 1.92. The van der Waals surface area contributed by atoms with E-state index < -0.39 is 15.0 Å². The Balaban J connectivity index is 3.33. The second-order valence-electron chi connectivity index (χ2n) is 2.05. The predicted molar refractivity (Wildman–Crippen MR) is 40.4 cm³/mol. The largest absolute Gasteiger partial charge is 0.744 e. The van der Waals surface area contributed by atoms with E-state index >= 15 is 0 Å². The van der Waals surface area contributed by atoms with Gasteiger partial charge in [0.1, 0.15) is 21.3 Å². The summed E-state index contributed by atoms with van der Waals surface area (Å²) in [5.74, 6) is 0.115. The highest BCUT2D eigenvalue weighted by molar-refractivity contribution is 7.85. The highest BCUT2D eigenvalue weighted by Gasteiger charge is 2.08. The number of H-pyrrole nitrogens is 1. The fourth-order valence-corrected chi connectivity index (χ4v) is 1.31.